The Hall–Kier alpha value is -2.64. The highest BCUT2D eigenvalue weighted by Gasteiger charge is 2.29. The summed E-state index contributed by atoms with van der Waals surface area (Å²) in [4.78, 5) is 12.4. The molecule has 3 rings (SSSR count). The summed E-state index contributed by atoms with van der Waals surface area (Å²) in [7, 11) is -2.00. The zero-order valence-electron chi connectivity index (χ0n) is 16.7. The summed E-state index contributed by atoms with van der Waals surface area (Å²) in [6.45, 7) is 2.76. The molecule has 154 valence electrons. The number of piperidine rings is 1. The molecule has 0 bridgehead atoms. The van der Waals surface area contributed by atoms with E-state index in [0.717, 1.165) is 11.1 Å². The molecule has 29 heavy (non-hydrogen) atoms. The molecule has 0 saturated carbocycles. The van der Waals surface area contributed by atoms with E-state index in [2.05, 4.69) is 5.32 Å². The zero-order valence-corrected chi connectivity index (χ0v) is 17.5. The number of nitrogens with zero attached hydrogens (tertiary/aromatic N) is 1. The molecular weight excluding hydrogens is 388 g/mol. The van der Waals surface area contributed by atoms with Crippen molar-refractivity contribution < 1.29 is 17.9 Å². The van der Waals surface area contributed by atoms with Gasteiger partial charge in [0.25, 0.3) is 0 Å². The lowest BCUT2D eigenvalue weighted by atomic mass is 10.1. The van der Waals surface area contributed by atoms with Gasteiger partial charge in [-0.05, 0) is 55.7 Å². The number of carbonyl (C=O) groups excluding carboxylic acids is 1. The second-order valence-electron chi connectivity index (χ2n) is 7.11. The number of hydrogen-bond acceptors (Lipinski definition) is 4. The van der Waals surface area contributed by atoms with Gasteiger partial charge in [0.2, 0.25) is 15.9 Å². The highest BCUT2D eigenvalue weighted by Crippen LogP contribution is 2.22. The minimum Gasteiger partial charge on any atom is -0.497 e. The van der Waals surface area contributed by atoms with E-state index < -0.39 is 10.0 Å². The Morgan fingerprint density at radius 3 is 2.45 bits per heavy atom. The molecule has 0 atom stereocenters. The van der Waals surface area contributed by atoms with Crippen molar-refractivity contribution in [2.24, 2.45) is 0 Å². The van der Waals surface area contributed by atoms with Crippen LogP contribution in [0.3, 0.4) is 0 Å². The molecule has 0 unspecified atom stereocenters. The predicted molar refractivity (Wildman–Crippen MR) is 113 cm³/mol. The number of carbonyl (C=O) groups is 1. The Morgan fingerprint density at radius 2 is 1.83 bits per heavy atom. The third kappa shape index (κ3) is 5.46. The predicted octanol–water partition coefficient (Wildman–Crippen LogP) is 2.99. The standard InChI is InChI=1S/C22H26N2O4S/c1-17-4-3-5-18(16-17)6-11-22(25)23-19-12-14-24(15-13-19)29(26,27)21-9-7-20(28-2)8-10-21/h3-11,16,19H,12-15H2,1-2H3,(H,23,25)/b11-6+. The van der Waals surface area contributed by atoms with Crippen LogP contribution in [-0.2, 0) is 14.8 Å². The SMILES string of the molecule is COc1ccc(S(=O)(=O)N2CCC(NC(=O)/C=C/c3cccc(C)c3)CC2)cc1. The largest absolute Gasteiger partial charge is 0.497 e. The van der Waals surface area contributed by atoms with Gasteiger partial charge in [-0.1, -0.05) is 29.8 Å². The summed E-state index contributed by atoms with van der Waals surface area (Å²) in [5, 5.41) is 2.97. The molecule has 1 N–H and O–H groups in total. The van der Waals surface area contributed by atoms with Crippen molar-refractivity contribution in [2.45, 2.75) is 30.7 Å². The third-order valence-corrected chi connectivity index (χ3v) is 6.88. The summed E-state index contributed by atoms with van der Waals surface area (Å²) < 4.78 is 32.1. The number of aryl methyl sites for hydroxylation is 1. The highest BCUT2D eigenvalue weighted by atomic mass is 32.2. The number of sulfonamides is 1. The summed E-state index contributed by atoms with van der Waals surface area (Å²) >= 11 is 0. The van der Waals surface area contributed by atoms with Crippen molar-refractivity contribution >= 4 is 22.0 Å². The molecule has 1 aliphatic heterocycles. The van der Waals surface area contributed by atoms with Crippen LogP contribution >= 0.6 is 0 Å². The van der Waals surface area contributed by atoms with Crippen molar-refractivity contribution in [3.63, 3.8) is 0 Å². The second kappa shape index (κ2) is 9.24. The molecule has 1 aliphatic rings. The summed E-state index contributed by atoms with van der Waals surface area (Å²) in [5.41, 5.74) is 2.11. The van der Waals surface area contributed by atoms with Crippen molar-refractivity contribution in [3.8, 4) is 5.75 Å². The van der Waals surface area contributed by atoms with E-state index in [9.17, 15) is 13.2 Å². The Bertz CT molecular complexity index is 976. The number of nitrogens with one attached hydrogen (secondary N) is 1. The molecule has 2 aromatic rings. The van der Waals surface area contributed by atoms with Gasteiger partial charge in [0.15, 0.2) is 0 Å². The summed E-state index contributed by atoms with van der Waals surface area (Å²) in [5.74, 6) is 0.451. The number of methoxy groups -OCH3 is 1. The van der Waals surface area contributed by atoms with Crippen LogP contribution in [0.5, 0.6) is 5.75 Å². The lowest BCUT2D eigenvalue weighted by Crippen LogP contribution is -2.46. The molecule has 6 nitrogen and oxygen atoms in total. The molecule has 0 spiro atoms. The fourth-order valence-corrected chi connectivity index (χ4v) is 4.80. The van der Waals surface area contributed by atoms with Gasteiger partial charge in [0, 0.05) is 25.2 Å². The smallest absolute Gasteiger partial charge is 0.244 e. The van der Waals surface area contributed by atoms with E-state index in [4.69, 9.17) is 4.74 Å². The van der Waals surface area contributed by atoms with E-state index in [1.807, 2.05) is 31.2 Å². The molecular formula is C22H26N2O4S. The van der Waals surface area contributed by atoms with E-state index >= 15 is 0 Å². The molecule has 1 fully saturated rings. The van der Waals surface area contributed by atoms with E-state index in [1.54, 1.807) is 37.5 Å². The highest BCUT2D eigenvalue weighted by molar-refractivity contribution is 7.89. The Balaban J connectivity index is 1.53. The molecule has 0 aliphatic carbocycles. The topological polar surface area (TPSA) is 75.7 Å². The Labute approximate surface area is 172 Å². The van der Waals surface area contributed by atoms with Crippen LogP contribution in [0, 0.1) is 6.92 Å². The van der Waals surface area contributed by atoms with Gasteiger partial charge >= 0.3 is 0 Å². The number of hydrogen-bond donors (Lipinski definition) is 1. The van der Waals surface area contributed by atoms with Crippen LogP contribution in [-0.4, -0.2) is 44.9 Å². The van der Waals surface area contributed by atoms with Crippen LogP contribution in [0.1, 0.15) is 24.0 Å². The first kappa shape index (κ1) is 21.1. The first-order chi connectivity index (χ1) is 13.9. The van der Waals surface area contributed by atoms with Gasteiger partial charge in [0.05, 0.1) is 12.0 Å². The van der Waals surface area contributed by atoms with Crippen molar-refractivity contribution in [1.29, 1.82) is 0 Å². The van der Waals surface area contributed by atoms with Gasteiger partial charge < -0.3 is 10.1 Å². The van der Waals surface area contributed by atoms with Crippen LogP contribution in [0.25, 0.3) is 6.08 Å². The third-order valence-electron chi connectivity index (χ3n) is 4.97. The van der Waals surface area contributed by atoms with Gasteiger partial charge in [-0.3, -0.25) is 4.79 Å². The molecule has 7 heteroatoms. The zero-order chi connectivity index (χ0) is 20.9. The minimum atomic E-state index is -3.54. The average Bonchev–Trinajstić information content (AvgIpc) is 2.73. The first-order valence-electron chi connectivity index (χ1n) is 9.58. The number of ether oxygens (including phenoxy) is 1. The van der Waals surface area contributed by atoms with Gasteiger partial charge in [-0.2, -0.15) is 4.31 Å². The number of benzene rings is 2. The normalized spacial score (nSPS) is 16.1. The molecule has 0 radical (unpaired) electrons. The average molecular weight is 415 g/mol. The molecule has 1 amide bonds. The van der Waals surface area contributed by atoms with Crippen LogP contribution < -0.4 is 10.1 Å². The molecule has 2 aromatic carbocycles. The van der Waals surface area contributed by atoms with E-state index in [-0.39, 0.29) is 16.8 Å². The number of rotatable bonds is 6. The second-order valence-corrected chi connectivity index (χ2v) is 9.05. The van der Waals surface area contributed by atoms with Crippen molar-refractivity contribution in [2.75, 3.05) is 20.2 Å². The lowest BCUT2D eigenvalue weighted by Gasteiger charge is -2.31. The molecule has 0 aromatic heterocycles. The maximum Gasteiger partial charge on any atom is 0.244 e. The quantitative estimate of drug-likeness (QED) is 0.738. The molecule has 1 heterocycles. The van der Waals surface area contributed by atoms with E-state index in [0.29, 0.717) is 31.7 Å². The fraction of sp³-hybridized carbons (Fsp3) is 0.318. The first-order valence-corrected chi connectivity index (χ1v) is 11.0. The summed E-state index contributed by atoms with van der Waals surface area (Å²) in [6.07, 6.45) is 4.47. The maximum atomic E-state index is 12.8. The Kier molecular flexibility index (Phi) is 6.71. The van der Waals surface area contributed by atoms with Crippen molar-refractivity contribution in [3.05, 3.63) is 65.7 Å². The summed E-state index contributed by atoms with van der Waals surface area (Å²) in [6, 6.07) is 14.3. The van der Waals surface area contributed by atoms with Crippen molar-refractivity contribution in [1.82, 2.24) is 9.62 Å². The van der Waals surface area contributed by atoms with Gasteiger partial charge in [0.1, 0.15) is 5.75 Å². The number of amides is 1. The van der Waals surface area contributed by atoms with Crippen LogP contribution in [0.15, 0.2) is 59.5 Å². The minimum absolute atomic E-state index is 0.0352. The van der Waals surface area contributed by atoms with Crippen LogP contribution in [0.2, 0.25) is 0 Å². The molecule has 1 saturated heterocycles. The van der Waals surface area contributed by atoms with Gasteiger partial charge in [-0.25, -0.2) is 8.42 Å². The van der Waals surface area contributed by atoms with Crippen LogP contribution in [0.4, 0.5) is 0 Å². The monoisotopic (exact) mass is 414 g/mol. The Morgan fingerprint density at radius 1 is 1.14 bits per heavy atom. The van der Waals surface area contributed by atoms with E-state index in [1.165, 1.54) is 10.4 Å². The van der Waals surface area contributed by atoms with Gasteiger partial charge in [-0.15, -0.1) is 0 Å². The fourth-order valence-electron chi connectivity index (χ4n) is 3.33. The maximum absolute atomic E-state index is 12.8. The lowest BCUT2D eigenvalue weighted by molar-refractivity contribution is -0.117.